The van der Waals surface area contributed by atoms with Crippen molar-refractivity contribution in [3.05, 3.63) is 89.7 Å². The predicted molar refractivity (Wildman–Crippen MR) is 126 cm³/mol. The summed E-state index contributed by atoms with van der Waals surface area (Å²) in [6.07, 6.45) is 0. The number of hydrogen-bond donors (Lipinski definition) is 0. The maximum atomic E-state index is 6.34. The molecule has 0 amide bonds. The van der Waals surface area contributed by atoms with Gasteiger partial charge in [0.15, 0.2) is 0 Å². The number of imidazole rings is 1. The van der Waals surface area contributed by atoms with E-state index in [2.05, 4.69) is 66.9 Å². The smallest absolute Gasteiger partial charge is 0.149 e. The molecule has 0 atom stereocenters. The van der Waals surface area contributed by atoms with E-state index in [1.54, 1.807) is 0 Å². The number of aromatic nitrogens is 3. The van der Waals surface area contributed by atoms with Crippen molar-refractivity contribution < 1.29 is 4.42 Å². The number of fused-ring (bicyclic) bond motifs is 4. The second kappa shape index (κ2) is 6.54. The number of para-hydroxylation sites is 3. The van der Waals surface area contributed by atoms with Gasteiger partial charge in [0, 0.05) is 22.2 Å². The molecule has 3 aromatic carbocycles. The van der Waals surface area contributed by atoms with E-state index in [0.29, 0.717) is 0 Å². The third kappa shape index (κ3) is 2.55. The van der Waals surface area contributed by atoms with Crippen molar-refractivity contribution >= 4 is 33.0 Å². The first-order chi connectivity index (χ1) is 15.1. The summed E-state index contributed by atoms with van der Waals surface area (Å²) in [6.45, 7) is 6.20. The average Bonchev–Trinajstić information content (AvgIpc) is 3.38. The minimum Gasteiger partial charge on any atom is -0.455 e. The standard InChI is InChI=1S/C27H21N3O/c1-16-17(2)28-18(3)25-24(16)29-27(30(25)19-10-5-4-6-11-19)22-14-9-13-21-20-12-7-8-15-23(20)31-26(21)22/h4-15H,1-3H3. The van der Waals surface area contributed by atoms with E-state index in [9.17, 15) is 0 Å². The van der Waals surface area contributed by atoms with Crippen molar-refractivity contribution in [1.29, 1.82) is 0 Å². The van der Waals surface area contributed by atoms with Crippen LogP contribution in [0, 0.1) is 20.8 Å². The van der Waals surface area contributed by atoms with Crippen LogP contribution in [0.5, 0.6) is 0 Å². The fourth-order valence-electron chi connectivity index (χ4n) is 4.51. The number of hydrogen-bond acceptors (Lipinski definition) is 3. The van der Waals surface area contributed by atoms with Gasteiger partial charge in [-0.3, -0.25) is 9.55 Å². The van der Waals surface area contributed by atoms with Crippen LogP contribution in [-0.4, -0.2) is 14.5 Å². The molecule has 0 aliphatic rings. The highest BCUT2D eigenvalue weighted by Gasteiger charge is 2.22. The summed E-state index contributed by atoms with van der Waals surface area (Å²) in [5.74, 6) is 0.865. The molecule has 0 spiro atoms. The Morgan fingerprint density at radius 3 is 2.29 bits per heavy atom. The first-order valence-corrected chi connectivity index (χ1v) is 10.5. The zero-order valence-electron chi connectivity index (χ0n) is 17.7. The molecule has 4 heteroatoms. The molecule has 0 radical (unpaired) electrons. The molecule has 0 N–H and O–H groups in total. The number of aryl methyl sites for hydroxylation is 3. The average molecular weight is 403 g/mol. The first kappa shape index (κ1) is 17.9. The summed E-state index contributed by atoms with van der Waals surface area (Å²) >= 11 is 0. The number of rotatable bonds is 2. The quantitative estimate of drug-likeness (QED) is 0.315. The van der Waals surface area contributed by atoms with Crippen LogP contribution in [0.25, 0.3) is 50.0 Å². The molecule has 6 aromatic rings. The lowest BCUT2D eigenvalue weighted by Crippen LogP contribution is -2.00. The molecule has 0 aliphatic heterocycles. The van der Waals surface area contributed by atoms with Crippen molar-refractivity contribution in [2.75, 3.05) is 0 Å². The molecular weight excluding hydrogens is 382 g/mol. The van der Waals surface area contributed by atoms with Crippen LogP contribution in [0.3, 0.4) is 0 Å². The molecule has 31 heavy (non-hydrogen) atoms. The van der Waals surface area contributed by atoms with Crippen LogP contribution in [0.1, 0.15) is 17.0 Å². The van der Waals surface area contributed by atoms with Gasteiger partial charge in [-0.05, 0) is 50.6 Å². The van der Waals surface area contributed by atoms with Crippen LogP contribution in [-0.2, 0) is 0 Å². The topological polar surface area (TPSA) is 43.9 Å². The van der Waals surface area contributed by atoms with E-state index in [1.165, 1.54) is 0 Å². The molecule has 3 heterocycles. The maximum Gasteiger partial charge on any atom is 0.149 e. The molecule has 6 rings (SSSR count). The van der Waals surface area contributed by atoms with E-state index < -0.39 is 0 Å². The molecule has 0 unspecified atom stereocenters. The van der Waals surface area contributed by atoms with Gasteiger partial charge in [-0.25, -0.2) is 4.98 Å². The van der Waals surface area contributed by atoms with Crippen LogP contribution in [0.4, 0.5) is 0 Å². The SMILES string of the molecule is Cc1nc(C)c2c(nc(-c3cccc4c3oc3ccccc34)n2-c2ccccc2)c1C. The lowest BCUT2D eigenvalue weighted by atomic mass is 10.1. The van der Waals surface area contributed by atoms with Gasteiger partial charge >= 0.3 is 0 Å². The number of pyridine rings is 1. The zero-order chi connectivity index (χ0) is 21.1. The van der Waals surface area contributed by atoms with Gasteiger partial charge in [-0.1, -0.05) is 48.5 Å². The van der Waals surface area contributed by atoms with Crippen LogP contribution >= 0.6 is 0 Å². The highest BCUT2D eigenvalue weighted by Crippen LogP contribution is 2.38. The summed E-state index contributed by atoms with van der Waals surface area (Å²) in [5.41, 5.74) is 8.89. The van der Waals surface area contributed by atoms with E-state index >= 15 is 0 Å². The Balaban J connectivity index is 1.79. The fourth-order valence-corrected chi connectivity index (χ4v) is 4.51. The van der Waals surface area contributed by atoms with Crippen molar-refractivity contribution in [1.82, 2.24) is 14.5 Å². The molecule has 0 saturated heterocycles. The zero-order valence-corrected chi connectivity index (χ0v) is 17.7. The Morgan fingerprint density at radius 1 is 0.710 bits per heavy atom. The Kier molecular flexibility index (Phi) is 3.78. The first-order valence-electron chi connectivity index (χ1n) is 10.5. The minimum absolute atomic E-state index is 0.858. The lowest BCUT2D eigenvalue weighted by molar-refractivity contribution is 0.669. The van der Waals surface area contributed by atoms with Crippen molar-refractivity contribution in [2.24, 2.45) is 0 Å². The van der Waals surface area contributed by atoms with Gasteiger partial charge in [0.2, 0.25) is 0 Å². The van der Waals surface area contributed by atoms with Crippen molar-refractivity contribution in [3.63, 3.8) is 0 Å². The number of nitrogens with zero attached hydrogens (tertiary/aromatic N) is 3. The Morgan fingerprint density at radius 2 is 1.45 bits per heavy atom. The second-order valence-corrected chi connectivity index (χ2v) is 7.99. The molecule has 0 bridgehead atoms. The Labute approximate surface area is 179 Å². The molecule has 0 saturated carbocycles. The van der Waals surface area contributed by atoms with Gasteiger partial charge in [-0.2, -0.15) is 0 Å². The van der Waals surface area contributed by atoms with E-state index in [1.807, 2.05) is 31.2 Å². The summed E-state index contributed by atoms with van der Waals surface area (Å²) in [5, 5.41) is 2.22. The minimum atomic E-state index is 0.858. The number of furan rings is 1. The normalized spacial score (nSPS) is 11.7. The monoisotopic (exact) mass is 403 g/mol. The van der Waals surface area contributed by atoms with Gasteiger partial charge in [0.1, 0.15) is 17.0 Å². The Bertz CT molecular complexity index is 1610. The molecule has 0 aliphatic carbocycles. The third-order valence-corrected chi connectivity index (χ3v) is 6.11. The summed E-state index contributed by atoms with van der Waals surface area (Å²) in [7, 11) is 0. The summed E-state index contributed by atoms with van der Waals surface area (Å²) in [4.78, 5) is 9.97. The molecule has 4 nitrogen and oxygen atoms in total. The maximum absolute atomic E-state index is 6.34. The molecule has 0 fully saturated rings. The van der Waals surface area contributed by atoms with Crippen molar-refractivity contribution in [2.45, 2.75) is 20.8 Å². The highest BCUT2D eigenvalue weighted by molar-refractivity contribution is 6.09. The Hall–Kier alpha value is -3.92. The summed E-state index contributed by atoms with van der Waals surface area (Å²) < 4.78 is 8.55. The van der Waals surface area contributed by atoms with Gasteiger partial charge < -0.3 is 4.42 Å². The third-order valence-electron chi connectivity index (χ3n) is 6.11. The van der Waals surface area contributed by atoms with Crippen LogP contribution < -0.4 is 0 Å². The van der Waals surface area contributed by atoms with E-state index in [-0.39, 0.29) is 0 Å². The van der Waals surface area contributed by atoms with Gasteiger partial charge in [0.25, 0.3) is 0 Å². The molecule has 150 valence electrons. The van der Waals surface area contributed by atoms with Crippen molar-refractivity contribution in [3.8, 4) is 17.1 Å². The van der Waals surface area contributed by atoms with E-state index in [0.717, 1.165) is 67.0 Å². The van der Waals surface area contributed by atoms with Crippen LogP contribution in [0.2, 0.25) is 0 Å². The van der Waals surface area contributed by atoms with Gasteiger partial charge in [-0.15, -0.1) is 0 Å². The van der Waals surface area contributed by atoms with E-state index in [4.69, 9.17) is 14.4 Å². The highest BCUT2D eigenvalue weighted by atomic mass is 16.3. The largest absolute Gasteiger partial charge is 0.455 e. The predicted octanol–water partition coefficient (Wildman–Crippen LogP) is 6.91. The summed E-state index contributed by atoms with van der Waals surface area (Å²) in [6, 6.07) is 24.8. The van der Waals surface area contributed by atoms with Crippen LogP contribution in [0.15, 0.2) is 77.2 Å². The second-order valence-electron chi connectivity index (χ2n) is 7.99. The molecular formula is C27H21N3O. The fraction of sp³-hybridized carbons (Fsp3) is 0.111. The lowest BCUT2D eigenvalue weighted by Gasteiger charge is -2.11. The number of benzene rings is 3. The molecule has 3 aromatic heterocycles. The van der Waals surface area contributed by atoms with Gasteiger partial charge in [0.05, 0.1) is 22.3 Å².